The van der Waals surface area contributed by atoms with Gasteiger partial charge in [0, 0.05) is 18.0 Å². The third kappa shape index (κ3) is 5.29. The lowest BCUT2D eigenvalue weighted by molar-refractivity contribution is -0.904. The summed E-state index contributed by atoms with van der Waals surface area (Å²) in [6, 6.07) is 4.04. The highest BCUT2D eigenvalue weighted by atomic mass is 35.5. The molecule has 0 spiro atoms. The first-order valence-corrected chi connectivity index (χ1v) is 8.58. The molecule has 5 nitrogen and oxygen atoms in total. The van der Waals surface area contributed by atoms with Gasteiger partial charge < -0.3 is 19.7 Å². The van der Waals surface area contributed by atoms with Gasteiger partial charge in [-0.05, 0) is 32.9 Å². The third-order valence-electron chi connectivity index (χ3n) is 3.68. The summed E-state index contributed by atoms with van der Waals surface area (Å²) in [7, 11) is 0. The smallest absolute Gasteiger partial charge is 0.275 e. The molecule has 1 aliphatic heterocycles. The van der Waals surface area contributed by atoms with Crippen LogP contribution in [0.4, 0.5) is 0 Å². The summed E-state index contributed by atoms with van der Waals surface area (Å²) in [5.41, 5.74) is 1.05. The number of ether oxygens (including phenoxy) is 2. The Hall–Kier alpha value is -1.46. The Labute approximate surface area is 142 Å². The van der Waals surface area contributed by atoms with Crippen molar-refractivity contribution in [3.63, 3.8) is 0 Å². The zero-order valence-corrected chi connectivity index (χ0v) is 14.8. The Morgan fingerprint density at radius 2 is 2.09 bits per heavy atom. The largest absolute Gasteiger partial charge is 0.489 e. The van der Waals surface area contributed by atoms with Gasteiger partial charge in [0.1, 0.15) is 6.54 Å². The number of carbonyl (C=O) groups excluding carboxylic acids is 1. The molecule has 0 bridgehead atoms. The van der Waals surface area contributed by atoms with E-state index < -0.39 is 0 Å². The summed E-state index contributed by atoms with van der Waals surface area (Å²) in [5, 5.41) is 3.50. The summed E-state index contributed by atoms with van der Waals surface area (Å²) in [4.78, 5) is 13.1. The molecule has 6 heteroatoms. The predicted octanol–water partition coefficient (Wildman–Crippen LogP) is 1.43. The molecule has 0 aromatic heterocycles. The summed E-state index contributed by atoms with van der Waals surface area (Å²) in [6.07, 6.45) is 0.849. The molecule has 1 unspecified atom stereocenters. The minimum Gasteiger partial charge on any atom is -0.489 e. The molecule has 1 aromatic rings. The number of rotatable bonds is 6. The van der Waals surface area contributed by atoms with E-state index in [1.807, 2.05) is 26.0 Å². The third-order valence-corrected chi connectivity index (χ3v) is 3.96. The number of amides is 1. The number of hydrogen-bond acceptors (Lipinski definition) is 3. The summed E-state index contributed by atoms with van der Waals surface area (Å²) >= 11 is 6.33. The molecule has 1 aliphatic rings. The van der Waals surface area contributed by atoms with Gasteiger partial charge in [-0.1, -0.05) is 11.6 Å². The average Bonchev–Trinajstić information content (AvgIpc) is 2.71. The zero-order chi connectivity index (χ0) is 16.8. The van der Waals surface area contributed by atoms with Gasteiger partial charge in [-0.2, -0.15) is 0 Å². The molecule has 128 valence electrons. The van der Waals surface area contributed by atoms with E-state index in [-0.39, 0.29) is 11.9 Å². The maximum Gasteiger partial charge on any atom is 0.275 e. The Morgan fingerprint density at radius 1 is 1.35 bits per heavy atom. The first-order valence-electron chi connectivity index (χ1n) is 8.20. The number of nitrogens with one attached hydrogen (secondary N) is 2. The van der Waals surface area contributed by atoms with E-state index >= 15 is 0 Å². The van der Waals surface area contributed by atoms with Crippen LogP contribution in [0.25, 0.3) is 0 Å². The quantitative estimate of drug-likeness (QED) is 0.823. The molecule has 1 amide bonds. The Bertz CT molecular complexity index is 549. The maximum atomic E-state index is 12.0. The lowest BCUT2D eigenvalue weighted by atomic mass is 10.2. The van der Waals surface area contributed by atoms with E-state index in [9.17, 15) is 4.79 Å². The lowest BCUT2D eigenvalue weighted by Gasteiger charge is -2.19. The fraction of sp³-hybridized carbons (Fsp3) is 0.588. The number of benzene rings is 1. The van der Waals surface area contributed by atoms with Gasteiger partial charge in [0.2, 0.25) is 0 Å². The first kappa shape index (κ1) is 17.9. The molecule has 2 rings (SSSR count). The molecule has 2 N–H and O–H groups in total. The molecular weight excluding hydrogens is 316 g/mol. The molecule has 0 saturated carbocycles. The Kier molecular flexibility index (Phi) is 6.54. The second kappa shape index (κ2) is 8.41. The fourth-order valence-corrected chi connectivity index (χ4v) is 2.88. The normalized spacial score (nSPS) is 15.2. The van der Waals surface area contributed by atoms with Crippen LogP contribution >= 0.6 is 11.6 Å². The minimum absolute atomic E-state index is 0.0669. The van der Waals surface area contributed by atoms with E-state index in [2.05, 4.69) is 12.2 Å². The van der Waals surface area contributed by atoms with E-state index in [0.717, 1.165) is 25.1 Å². The van der Waals surface area contributed by atoms with Gasteiger partial charge in [-0.3, -0.25) is 4.79 Å². The number of hydrogen-bond donors (Lipinski definition) is 2. The van der Waals surface area contributed by atoms with Gasteiger partial charge >= 0.3 is 0 Å². The van der Waals surface area contributed by atoms with Crippen molar-refractivity contribution in [1.29, 1.82) is 0 Å². The van der Waals surface area contributed by atoms with Gasteiger partial charge in [-0.25, -0.2) is 0 Å². The predicted molar refractivity (Wildman–Crippen MR) is 90.4 cm³/mol. The van der Waals surface area contributed by atoms with Crippen LogP contribution in [-0.4, -0.2) is 38.3 Å². The fourth-order valence-electron chi connectivity index (χ4n) is 2.59. The van der Waals surface area contributed by atoms with Crippen LogP contribution in [0.2, 0.25) is 5.02 Å². The summed E-state index contributed by atoms with van der Waals surface area (Å²) < 4.78 is 11.4. The molecule has 1 aromatic carbocycles. The second-order valence-corrected chi connectivity index (χ2v) is 6.54. The van der Waals surface area contributed by atoms with Crippen LogP contribution in [0.3, 0.4) is 0 Å². The van der Waals surface area contributed by atoms with Gasteiger partial charge in [0.25, 0.3) is 5.91 Å². The van der Waals surface area contributed by atoms with Crippen LogP contribution in [0, 0.1) is 0 Å². The van der Waals surface area contributed by atoms with Crippen LogP contribution < -0.4 is 19.7 Å². The van der Waals surface area contributed by atoms with Crippen molar-refractivity contribution in [1.82, 2.24) is 5.32 Å². The van der Waals surface area contributed by atoms with Crippen molar-refractivity contribution in [3.8, 4) is 11.5 Å². The van der Waals surface area contributed by atoms with Crippen LogP contribution in [0.1, 0.15) is 32.8 Å². The highest BCUT2D eigenvalue weighted by molar-refractivity contribution is 6.32. The minimum atomic E-state index is 0.0669. The van der Waals surface area contributed by atoms with Crippen molar-refractivity contribution >= 4 is 17.5 Å². The molecule has 1 heterocycles. The average molecular weight is 342 g/mol. The van der Waals surface area contributed by atoms with Crippen molar-refractivity contribution in [3.05, 3.63) is 22.7 Å². The standard InChI is InChI=1S/C17H25ClN2O3/c1-4-20(11-16(21)19-12(2)3)10-13-8-14(18)17-15(9-13)22-6-5-7-23-17/h8-9,12H,4-7,10-11H2,1-3H3,(H,19,21)/p+1. The van der Waals surface area contributed by atoms with Crippen LogP contribution in [0.15, 0.2) is 12.1 Å². The first-order chi connectivity index (χ1) is 11.0. The Balaban J connectivity index is 2.07. The molecule has 23 heavy (non-hydrogen) atoms. The maximum absolute atomic E-state index is 12.0. The van der Waals surface area contributed by atoms with Gasteiger partial charge in [0.05, 0.1) is 24.8 Å². The molecular formula is C17H26ClN2O3+. The van der Waals surface area contributed by atoms with Gasteiger partial charge in [0.15, 0.2) is 18.0 Å². The SMILES string of the molecule is CC[NH+](CC(=O)NC(C)C)Cc1cc(Cl)c2c(c1)OCCCO2. The van der Waals surface area contributed by atoms with E-state index in [4.69, 9.17) is 21.1 Å². The second-order valence-electron chi connectivity index (χ2n) is 6.13. The molecule has 0 radical (unpaired) electrons. The summed E-state index contributed by atoms with van der Waals surface area (Å²) in [5.74, 6) is 1.40. The molecule has 1 atom stereocenters. The van der Waals surface area contributed by atoms with Crippen LogP contribution in [0.5, 0.6) is 11.5 Å². The van der Waals surface area contributed by atoms with Crippen LogP contribution in [-0.2, 0) is 11.3 Å². The van der Waals surface area contributed by atoms with E-state index in [1.54, 1.807) is 0 Å². The number of likely N-dealkylation sites (N-methyl/N-ethyl adjacent to an activating group) is 1. The van der Waals surface area contributed by atoms with Crippen molar-refractivity contribution < 1.29 is 19.2 Å². The zero-order valence-electron chi connectivity index (χ0n) is 14.1. The van der Waals surface area contributed by atoms with Crippen molar-refractivity contribution in [2.75, 3.05) is 26.3 Å². The molecule has 0 fully saturated rings. The number of quaternary nitrogens is 1. The summed E-state index contributed by atoms with van der Waals surface area (Å²) in [6.45, 7) is 9.28. The number of fused-ring (bicyclic) bond motifs is 1. The lowest BCUT2D eigenvalue weighted by Crippen LogP contribution is -3.11. The van der Waals surface area contributed by atoms with Crippen molar-refractivity contribution in [2.45, 2.75) is 39.8 Å². The Morgan fingerprint density at radius 3 is 2.78 bits per heavy atom. The number of carbonyl (C=O) groups is 1. The van der Waals surface area contributed by atoms with E-state index in [1.165, 1.54) is 4.90 Å². The topological polar surface area (TPSA) is 52.0 Å². The monoisotopic (exact) mass is 341 g/mol. The van der Waals surface area contributed by atoms with Crippen molar-refractivity contribution in [2.24, 2.45) is 0 Å². The highest BCUT2D eigenvalue weighted by Gasteiger charge is 2.19. The molecule has 0 aliphatic carbocycles. The highest BCUT2D eigenvalue weighted by Crippen LogP contribution is 2.37. The van der Waals surface area contributed by atoms with Gasteiger partial charge in [-0.15, -0.1) is 0 Å². The molecule has 0 saturated heterocycles. The van der Waals surface area contributed by atoms with E-state index in [0.29, 0.717) is 36.3 Å². The number of halogens is 1.